The van der Waals surface area contributed by atoms with Gasteiger partial charge < -0.3 is 9.64 Å². The zero-order valence-electron chi connectivity index (χ0n) is 15.0. The molecule has 0 bridgehead atoms. The van der Waals surface area contributed by atoms with Gasteiger partial charge >= 0.3 is 6.09 Å². The van der Waals surface area contributed by atoms with Gasteiger partial charge in [-0.3, -0.25) is 4.98 Å². The van der Waals surface area contributed by atoms with Crippen LogP contribution < -0.4 is 0 Å². The van der Waals surface area contributed by atoms with Crippen molar-refractivity contribution in [3.8, 4) is 11.1 Å². The van der Waals surface area contributed by atoms with Crippen LogP contribution in [0.3, 0.4) is 0 Å². The lowest BCUT2D eigenvalue weighted by atomic mass is 10.0. The predicted molar refractivity (Wildman–Crippen MR) is 100 cm³/mol. The Morgan fingerprint density at radius 1 is 1.12 bits per heavy atom. The maximum absolute atomic E-state index is 12.2. The lowest BCUT2D eigenvalue weighted by Crippen LogP contribution is -2.39. The van der Waals surface area contributed by atoms with Crippen molar-refractivity contribution in [2.24, 2.45) is 0 Å². The molecule has 1 amide bonds. The van der Waals surface area contributed by atoms with E-state index in [-0.39, 0.29) is 6.09 Å². The molecule has 0 unspecified atom stereocenters. The summed E-state index contributed by atoms with van der Waals surface area (Å²) in [6.45, 7) is 6.86. The van der Waals surface area contributed by atoms with E-state index < -0.39 is 5.60 Å². The Morgan fingerprint density at radius 3 is 2.52 bits per heavy atom. The maximum Gasteiger partial charge on any atom is 0.410 e. The second-order valence-corrected chi connectivity index (χ2v) is 7.20. The molecular weight excluding hydrogens is 312 g/mol. The molecule has 0 N–H and O–H groups in total. The molecule has 0 saturated heterocycles. The number of benzene rings is 1. The molecule has 0 saturated carbocycles. The van der Waals surface area contributed by atoms with E-state index in [2.05, 4.69) is 29.3 Å². The van der Waals surface area contributed by atoms with Crippen molar-refractivity contribution in [3.63, 3.8) is 0 Å². The predicted octanol–water partition coefficient (Wildman–Crippen LogP) is 4.77. The molecule has 1 aliphatic heterocycles. The highest BCUT2D eigenvalue weighted by atomic mass is 16.6. The first-order valence-electron chi connectivity index (χ1n) is 8.61. The lowest BCUT2D eigenvalue weighted by molar-refractivity contribution is 0.0270. The van der Waals surface area contributed by atoms with Crippen molar-refractivity contribution in [1.82, 2.24) is 9.88 Å². The summed E-state index contributed by atoms with van der Waals surface area (Å²) < 4.78 is 5.44. The van der Waals surface area contributed by atoms with Crippen molar-refractivity contribution in [2.75, 3.05) is 13.1 Å². The largest absolute Gasteiger partial charge is 0.444 e. The van der Waals surface area contributed by atoms with E-state index in [1.54, 1.807) is 4.90 Å². The maximum atomic E-state index is 12.2. The summed E-state index contributed by atoms with van der Waals surface area (Å²) in [5, 5.41) is 0. The van der Waals surface area contributed by atoms with Gasteiger partial charge in [-0.15, -0.1) is 0 Å². The van der Waals surface area contributed by atoms with Crippen LogP contribution in [0.1, 0.15) is 32.9 Å². The number of ether oxygens (including phenoxy) is 1. The molecule has 130 valence electrons. The van der Waals surface area contributed by atoms with E-state index in [1.807, 2.05) is 51.2 Å². The molecule has 0 spiro atoms. The zero-order chi connectivity index (χ0) is 17.9. The van der Waals surface area contributed by atoms with Gasteiger partial charge in [-0.1, -0.05) is 36.4 Å². The number of rotatable bonds is 2. The first kappa shape index (κ1) is 17.2. The highest BCUT2D eigenvalue weighted by Crippen LogP contribution is 2.26. The summed E-state index contributed by atoms with van der Waals surface area (Å²) in [6, 6.07) is 14.4. The van der Waals surface area contributed by atoms with Crippen LogP contribution in [0.5, 0.6) is 0 Å². The van der Waals surface area contributed by atoms with Gasteiger partial charge in [0.2, 0.25) is 0 Å². The molecule has 1 aromatic heterocycles. The number of hydrogen-bond acceptors (Lipinski definition) is 3. The Kier molecular flexibility index (Phi) is 4.88. The second kappa shape index (κ2) is 7.09. The van der Waals surface area contributed by atoms with Crippen molar-refractivity contribution in [3.05, 3.63) is 60.4 Å². The van der Waals surface area contributed by atoms with Gasteiger partial charge in [0.1, 0.15) is 5.60 Å². The number of amides is 1. The third-order valence-corrected chi connectivity index (χ3v) is 4.06. The number of aromatic nitrogens is 1. The van der Waals surface area contributed by atoms with Crippen LogP contribution >= 0.6 is 0 Å². The average Bonchev–Trinajstić information content (AvgIpc) is 2.61. The van der Waals surface area contributed by atoms with Gasteiger partial charge in [0.05, 0.1) is 5.69 Å². The van der Waals surface area contributed by atoms with Crippen molar-refractivity contribution >= 4 is 11.7 Å². The average molecular weight is 336 g/mol. The SMILES string of the molecule is CC(C)(C)OC(=O)N1CC=C(c2cc(-c3ccccc3)ccn2)CC1. The molecule has 2 aromatic rings. The van der Waals surface area contributed by atoms with Crippen LogP contribution in [0.25, 0.3) is 16.7 Å². The Hall–Kier alpha value is -2.62. The monoisotopic (exact) mass is 336 g/mol. The molecular formula is C21H24N2O2. The van der Waals surface area contributed by atoms with Gasteiger partial charge in [-0.2, -0.15) is 0 Å². The molecule has 0 atom stereocenters. The van der Waals surface area contributed by atoms with Crippen LogP contribution in [0.2, 0.25) is 0 Å². The molecule has 25 heavy (non-hydrogen) atoms. The van der Waals surface area contributed by atoms with Crippen molar-refractivity contribution in [1.29, 1.82) is 0 Å². The van der Waals surface area contributed by atoms with Crippen LogP contribution in [-0.4, -0.2) is 34.7 Å². The Balaban J connectivity index is 1.73. The first-order valence-corrected chi connectivity index (χ1v) is 8.61. The van der Waals surface area contributed by atoms with Gasteiger partial charge in [0, 0.05) is 19.3 Å². The second-order valence-electron chi connectivity index (χ2n) is 7.20. The van der Waals surface area contributed by atoms with Gasteiger partial charge in [0.25, 0.3) is 0 Å². The van der Waals surface area contributed by atoms with E-state index in [4.69, 9.17) is 4.74 Å². The zero-order valence-corrected chi connectivity index (χ0v) is 15.0. The summed E-state index contributed by atoms with van der Waals surface area (Å²) in [7, 11) is 0. The minimum Gasteiger partial charge on any atom is -0.444 e. The summed E-state index contributed by atoms with van der Waals surface area (Å²) in [5.41, 5.74) is 4.02. The van der Waals surface area contributed by atoms with Gasteiger partial charge in [-0.05, 0) is 56.0 Å². The summed E-state index contributed by atoms with van der Waals surface area (Å²) >= 11 is 0. The van der Waals surface area contributed by atoms with Gasteiger partial charge in [0.15, 0.2) is 0 Å². The highest BCUT2D eigenvalue weighted by molar-refractivity contribution is 5.74. The third kappa shape index (κ3) is 4.47. The first-order chi connectivity index (χ1) is 11.9. The van der Waals surface area contributed by atoms with Crippen LogP contribution in [0.4, 0.5) is 4.79 Å². The summed E-state index contributed by atoms with van der Waals surface area (Å²) in [4.78, 5) is 18.4. The third-order valence-electron chi connectivity index (χ3n) is 4.06. The Morgan fingerprint density at radius 2 is 1.88 bits per heavy atom. The van der Waals surface area contributed by atoms with Crippen molar-refractivity contribution < 1.29 is 9.53 Å². The summed E-state index contributed by atoms with van der Waals surface area (Å²) in [5.74, 6) is 0. The molecule has 2 heterocycles. The minimum atomic E-state index is -0.466. The molecule has 0 radical (unpaired) electrons. The summed E-state index contributed by atoms with van der Waals surface area (Å²) in [6.07, 6.45) is 4.45. The van der Waals surface area contributed by atoms with Crippen LogP contribution in [0, 0.1) is 0 Å². The molecule has 1 aliphatic rings. The lowest BCUT2D eigenvalue weighted by Gasteiger charge is -2.29. The molecule has 1 aromatic carbocycles. The Labute approximate surface area is 149 Å². The molecule has 0 aliphatic carbocycles. The quantitative estimate of drug-likeness (QED) is 0.793. The number of carbonyl (C=O) groups is 1. The van der Waals surface area contributed by atoms with E-state index in [1.165, 1.54) is 11.1 Å². The van der Waals surface area contributed by atoms with E-state index >= 15 is 0 Å². The number of hydrogen-bond donors (Lipinski definition) is 0. The molecule has 4 heteroatoms. The normalized spacial score (nSPS) is 14.8. The molecule has 3 rings (SSSR count). The van der Waals surface area contributed by atoms with E-state index in [0.29, 0.717) is 13.1 Å². The Bertz CT molecular complexity index is 776. The topological polar surface area (TPSA) is 42.4 Å². The van der Waals surface area contributed by atoms with Crippen molar-refractivity contribution in [2.45, 2.75) is 32.8 Å². The molecule has 4 nitrogen and oxygen atoms in total. The minimum absolute atomic E-state index is 0.256. The molecule has 0 fully saturated rings. The fourth-order valence-corrected chi connectivity index (χ4v) is 2.81. The van der Waals surface area contributed by atoms with Gasteiger partial charge in [-0.25, -0.2) is 4.79 Å². The fourth-order valence-electron chi connectivity index (χ4n) is 2.81. The standard InChI is InChI=1S/C21H24N2O2/c1-21(2,3)25-20(24)23-13-10-17(11-14-23)19-15-18(9-12-22-19)16-7-5-4-6-8-16/h4-10,12,15H,11,13-14H2,1-3H3. The van der Waals surface area contributed by atoms with E-state index in [0.717, 1.165) is 17.7 Å². The van der Waals surface area contributed by atoms with Crippen LogP contribution in [0.15, 0.2) is 54.7 Å². The highest BCUT2D eigenvalue weighted by Gasteiger charge is 2.24. The van der Waals surface area contributed by atoms with E-state index in [9.17, 15) is 4.79 Å². The number of nitrogens with zero attached hydrogens (tertiary/aromatic N) is 2. The fraction of sp³-hybridized carbons (Fsp3) is 0.333. The number of pyridine rings is 1. The van der Waals surface area contributed by atoms with Crippen LogP contribution in [-0.2, 0) is 4.74 Å². The number of carbonyl (C=O) groups excluding carboxylic acids is 1. The smallest absolute Gasteiger partial charge is 0.410 e.